The van der Waals surface area contributed by atoms with Gasteiger partial charge in [-0.1, -0.05) is 24.3 Å². The van der Waals surface area contributed by atoms with Crippen molar-refractivity contribution in [2.45, 2.75) is 6.54 Å². The number of halogens is 1. The van der Waals surface area contributed by atoms with Gasteiger partial charge in [-0.05, 0) is 41.3 Å². The Morgan fingerprint density at radius 3 is 2.50 bits per heavy atom. The molecule has 1 N–H and O–H groups in total. The molecular weight excluding hydrogens is 351 g/mol. The smallest absolute Gasteiger partial charge is 0.256 e. The van der Waals surface area contributed by atoms with Gasteiger partial charge in [-0.3, -0.25) is 9.59 Å². The first kappa shape index (κ1) is 17.8. The van der Waals surface area contributed by atoms with Crippen molar-refractivity contribution in [2.75, 3.05) is 12.4 Å². The minimum atomic E-state index is -0.316. The van der Waals surface area contributed by atoms with E-state index in [1.165, 1.54) is 28.4 Å². The van der Waals surface area contributed by atoms with Gasteiger partial charge in [-0.15, -0.1) is 0 Å². The summed E-state index contributed by atoms with van der Waals surface area (Å²) in [6.07, 6.45) is 0. The molecule has 0 unspecified atom stereocenters. The third-order valence-electron chi connectivity index (χ3n) is 3.87. The van der Waals surface area contributed by atoms with E-state index in [0.29, 0.717) is 23.4 Å². The molecule has 0 aliphatic heterocycles. The number of hydrogen-bond acceptors (Lipinski definition) is 3. The summed E-state index contributed by atoms with van der Waals surface area (Å²) in [5.41, 5.74) is 2.24. The molecule has 2 aromatic carbocycles. The van der Waals surface area contributed by atoms with E-state index in [1.54, 1.807) is 54.9 Å². The first-order chi connectivity index (χ1) is 12.5. The Bertz CT molecular complexity index is 908. The third-order valence-corrected chi connectivity index (χ3v) is 4.55. The molecule has 0 saturated carbocycles. The van der Waals surface area contributed by atoms with E-state index in [9.17, 15) is 14.0 Å². The Morgan fingerprint density at radius 1 is 1.08 bits per heavy atom. The Morgan fingerprint density at radius 2 is 1.81 bits per heavy atom. The van der Waals surface area contributed by atoms with Crippen LogP contribution in [-0.2, 0) is 6.54 Å². The van der Waals surface area contributed by atoms with Gasteiger partial charge in [0.2, 0.25) is 0 Å². The highest BCUT2D eigenvalue weighted by Crippen LogP contribution is 2.19. The Hall–Kier alpha value is -2.99. The quantitative estimate of drug-likeness (QED) is 0.725. The van der Waals surface area contributed by atoms with E-state index in [4.69, 9.17) is 0 Å². The molecule has 3 aromatic rings. The van der Waals surface area contributed by atoms with Crippen LogP contribution in [0.4, 0.5) is 10.1 Å². The largest absolute Gasteiger partial charge is 0.337 e. The number of nitrogens with one attached hydrogen (secondary N) is 1. The fraction of sp³-hybridized carbons (Fsp3) is 0.100. The van der Waals surface area contributed by atoms with Crippen molar-refractivity contribution in [1.82, 2.24) is 4.90 Å². The fourth-order valence-corrected chi connectivity index (χ4v) is 3.14. The molecule has 26 heavy (non-hydrogen) atoms. The molecule has 3 rings (SSSR count). The minimum Gasteiger partial charge on any atom is -0.337 e. The van der Waals surface area contributed by atoms with Crippen molar-refractivity contribution in [3.05, 3.63) is 87.9 Å². The van der Waals surface area contributed by atoms with Gasteiger partial charge >= 0.3 is 0 Å². The highest BCUT2D eigenvalue weighted by atomic mass is 32.1. The van der Waals surface area contributed by atoms with Crippen LogP contribution in [0.25, 0.3) is 0 Å². The number of thiophene rings is 1. The van der Waals surface area contributed by atoms with E-state index in [2.05, 4.69) is 5.32 Å². The number of carbonyl (C=O) groups excluding carboxylic acids is 2. The minimum absolute atomic E-state index is 0.226. The summed E-state index contributed by atoms with van der Waals surface area (Å²) in [5.74, 6) is -0.799. The second-order valence-corrected chi connectivity index (χ2v) is 6.58. The molecule has 2 amide bonds. The summed E-state index contributed by atoms with van der Waals surface area (Å²) in [6.45, 7) is 0.339. The van der Waals surface area contributed by atoms with E-state index >= 15 is 0 Å². The first-order valence-corrected chi connectivity index (χ1v) is 8.91. The first-order valence-electron chi connectivity index (χ1n) is 7.97. The number of amides is 2. The zero-order chi connectivity index (χ0) is 18.5. The standard InChI is InChI=1S/C20H17FN2O2S/c1-23(12-14-6-8-16(21)9-7-14)20(25)17-4-2-3-5-18(17)22-19(24)15-10-11-26-13-15/h2-11,13H,12H2,1H3,(H,22,24). The van der Waals surface area contributed by atoms with Crippen LogP contribution in [0.3, 0.4) is 0 Å². The van der Waals surface area contributed by atoms with Crippen LogP contribution in [0.5, 0.6) is 0 Å². The summed E-state index contributed by atoms with van der Waals surface area (Å²) < 4.78 is 13.0. The summed E-state index contributed by atoms with van der Waals surface area (Å²) in [6, 6.07) is 14.6. The van der Waals surface area contributed by atoms with Crippen LogP contribution >= 0.6 is 11.3 Å². The molecule has 4 nitrogen and oxygen atoms in total. The number of benzene rings is 2. The van der Waals surface area contributed by atoms with Crippen molar-refractivity contribution in [1.29, 1.82) is 0 Å². The van der Waals surface area contributed by atoms with Crippen molar-refractivity contribution >= 4 is 28.8 Å². The molecule has 6 heteroatoms. The SMILES string of the molecule is CN(Cc1ccc(F)cc1)C(=O)c1ccccc1NC(=O)c1ccsc1. The van der Waals surface area contributed by atoms with Gasteiger partial charge in [0.15, 0.2) is 0 Å². The van der Waals surface area contributed by atoms with Crippen LogP contribution in [-0.4, -0.2) is 23.8 Å². The van der Waals surface area contributed by atoms with Crippen molar-refractivity contribution < 1.29 is 14.0 Å². The number of hydrogen-bond donors (Lipinski definition) is 1. The number of carbonyl (C=O) groups is 2. The summed E-state index contributed by atoms with van der Waals surface area (Å²) >= 11 is 1.43. The normalized spacial score (nSPS) is 10.4. The average molecular weight is 368 g/mol. The number of nitrogens with zero attached hydrogens (tertiary/aromatic N) is 1. The molecule has 1 aromatic heterocycles. The summed E-state index contributed by atoms with van der Waals surface area (Å²) in [5, 5.41) is 6.36. The Balaban J connectivity index is 1.76. The van der Waals surface area contributed by atoms with Crippen LogP contribution < -0.4 is 5.32 Å². The lowest BCUT2D eigenvalue weighted by Gasteiger charge is -2.19. The molecule has 0 aliphatic rings. The molecule has 0 bridgehead atoms. The van der Waals surface area contributed by atoms with E-state index < -0.39 is 0 Å². The molecule has 0 fully saturated rings. The molecular formula is C20H17FN2O2S. The van der Waals surface area contributed by atoms with Gasteiger partial charge in [-0.25, -0.2) is 4.39 Å². The van der Waals surface area contributed by atoms with Crippen LogP contribution in [0, 0.1) is 5.82 Å². The zero-order valence-corrected chi connectivity index (χ0v) is 14.9. The van der Waals surface area contributed by atoms with E-state index in [0.717, 1.165) is 5.56 Å². The summed E-state index contributed by atoms with van der Waals surface area (Å²) in [4.78, 5) is 26.6. The van der Waals surface area contributed by atoms with Gasteiger partial charge in [0.25, 0.3) is 11.8 Å². The molecule has 132 valence electrons. The number of rotatable bonds is 5. The van der Waals surface area contributed by atoms with Crippen molar-refractivity contribution in [3.63, 3.8) is 0 Å². The van der Waals surface area contributed by atoms with Crippen LogP contribution in [0.2, 0.25) is 0 Å². The third kappa shape index (κ3) is 4.15. The van der Waals surface area contributed by atoms with Gasteiger partial charge in [0, 0.05) is 19.0 Å². The van der Waals surface area contributed by atoms with E-state index in [1.807, 2.05) is 5.38 Å². The number of para-hydroxylation sites is 1. The topological polar surface area (TPSA) is 49.4 Å². The van der Waals surface area contributed by atoms with Gasteiger partial charge in [-0.2, -0.15) is 11.3 Å². The van der Waals surface area contributed by atoms with Crippen molar-refractivity contribution in [2.24, 2.45) is 0 Å². The Kier molecular flexibility index (Phi) is 5.43. The Labute approximate surface area is 154 Å². The predicted molar refractivity (Wildman–Crippen MR) is 101 cm³/mol. The van der Waals surface area contributed by atoms with Gasteiger partial charge < -0.3 is 10.2 Å². The molecule has 0 radical (unpaired) electrons. The fourth-order valence-electron chi connectivity index (χ4n) is 2.51. The lowest BCUT2D eigenvalue weighted by molar-refractivity contribution is 0.0786. The number of anilines is 1. The van der Waals surface area contributed by atoms with Crippen molar-refractivity contribution in [3.8, 4) is 0 Å². The average Bonchev–Trinajstić information content (AvgIpc) is 3.18. The summed E-state index contributed by atoms with van der Waals surface area (Å²) in [7, 11) is 1.67. The molecule has 0 saturated heterocycles. The lowest BCUT2D eigenvalue weighted by atomic mass is 10.1. The predicted octanol–water partition coefficient (Wildman–Crippen LogP) is 4.41. The van der Waals surface area contributed by atoms with Crippen LogP contribution in [0.15, 0.2) is 65.4 Å². The molecule has 0 atom stereocenters. The molecule has 0 aliphatic carbocycles. The van der Waals surface area contributed by atoms with Crippen LogP contribution in [0.1, 0.15) is 26.3 Å². The maximum Gasteiger partial charge on any atom is 0.256 e. The zero-order valence-electron chi connectivity index (χ0n) is 14.1. The second-order valence-electron chi connectivity index (χ2n) is 5.80. The maximum absolute atomic E-state index is 13.0. The lowest BCUT2D eigenvalue weighted by Crippen LogP contribution is -2.27. The molecule has 0 spiro atoms. The highest BCUT2D eigenvalue weighted by molar-refractivity contribution is 7.08. The molecule has 1 heterocycles. The van der Waals surface area contributed by atoms with Gasteiger partial charge in [0.05, 0.1) is 16.8 Å². The monoisotopic (exact) mass is 368 g/mol. The highest BCUT2D eigenvalue weighted by Gasteiger charge is 2.17. The van der Waals surface area contributed by atoms with Gasteiger partial charge in [0.1, 0.15) is 5.82 Å². The van der Waals surface area contributed by atoms with E-state index in [-0.39, 0.29) is 17.6 Å². The second kappa shape index (κ2) is 7.93. The maximum atomic E-state index is 13.0.